The Kier molecular flexibility index (Phi) is 6.70. The van der Waals surface area contributed by atoms with Crippen LogP contribution in [0, 0.1) is 5.92 Å². The number of esters is 1. The van der Waals surface area contributed by atoms with Crippen LogP contribution in [0.4, 0.5) is 0 Å². The van der Waals surface area contributed by atoms with Gasteiger partial charge in [0.1, 0.15) is 22.2 Å². The van der Waals surface area contributed by atoms with Crippen LogP contribution in [0.1, 0.15) is 43.6 Å². The molecule has 3 rings (SSSR count). The van der Waals surface area contributed by atoms with E-state index in [1.807, 2.05) is 13.8 Å². The van der Waals surface area contributed by atoms with Gasteiger partial charge in [-0.25, -0.2) is 14.8 Å². The highest BCUT2D eigenvalue weighted by Gasteiger charge is 2.27. The molecule has 0 spiro atoms. The molecule has 1 amide bonds. The van der Waals surface area contributed by atoms with Crippen molar-refractivity contribution in [1.82, 2.24) is 15.3 Å². The van der Waals surface area contributed by atoms with Gasteiger partial charge < -0.3 is 10.1 Å². The number of ether oxygens (including phenoxy) is 1. The lowest BCUT2D eigenvalue weighted by molar-refractivity contribution is -0.146. The van der Waals surface area contributed by atoms with Gasteiger partial charge in [-0.15, -0.1) is 11.3 Å². The predicted molar refractivity (Wildman–Crippen MR) is 108 cm³/mol. The lowest BCUT2D eigenvalue weighted by atomic mass is 9.97. The average Bonchev–Trinajstić information content (AvgIpc) is 3.08. The summed E-state index contributed by atoms with van der Waals surface area (Å²) in [6.45, 7) is 3.92. The summed E-state index contributed by atoms with van der Waals surface area (Å²) in [6.07, 6.45) is 6.93. The maximum atomic E-state index is 12.5. The number of nitrogens with zero attached hydrogens (tertiary/aromatic N) is 2. The molecule has 8 heteroatoms. The molecule has 2 aromatic rings. The van der Waals surface area contributed by atoms with Crippen LogP contribution < -0.4 is 5.32 Å². The van der Waals surface area contributed by atoms with Crippen LogP contribution in [0.25, 0.3) is 10.2 Å². The Hall–Kier alpha value is -1.67. The van der Waals surface area contributed by atoms with Crippen molar-refractivity contribution < 1.29 is 14.3 Å². The van der Waals surface area contributed by atoms with Gasteiger partial charge in [0.15, 0.2) is 0 Å². The van der Waals surface area contributed by atoms with Gasteiger partial charge in [0.05, 0.1) is 12.9 Å². The minimum Gasteiger partial charge on any atom is -0.467 e. The Morgan fingerprint density at radius 3 is 2.85 bits per heavy atom. The highest BCUT2D eigenvalue weighted by Crippen LogP contribution is 2.39. The summed E-state index contributed by atoms with van der Waals surface area (Å²) in [6, 6.07) is -0.618. The maximum Gasteiger partial charge on any atom is 0.328 e. The molecule has 2 atom stereocenters. The van der Waals surface area contributed by atoms with Crippen molar-refractivity contribution in [2.45, 2.75) is 57.0 Å². The number of hydrogen-bond acceptors (Lipinski definition) is 7. The second-order valence-electron chi connectivity index (χ2n) is 6.81. The van der Waals surface area contributed by atoms with Gasteiger partial charge in [0.2, 0.25) is 5.91 Å². The molecule has 1 aliphatic rings. The third-order valence-corrected chi connectivity index (χ3v) is 7.23. The van der Waals surface area contributed by atoms with Gasteiger partial charge in [0.25, 0.3) is 0 Å². The number of fused-ring (bicyclic) bond motifs is 3. The van der Waals surface area contributed by atoms with Gasteiger partial charge in [-0.1, -0.05) is 32.0 Å². The third-order valence-electron chi connectivity index (χ3n) is 5.04. The van der Waals surface area contributed by atoms with Crippen molar-refractivity contribution in [2.24, 2.45) is 5.92 Å². The van der Waals surface area contributed by atoms with Gasteiger partial charge >= 0.3 is 5.97 Å². The molecule has 0 bridgehead atoms. The topological polar surface area (TPSA) is 81.2 Å². The van der Waals surface area contributed by atoms with Crippen molar-refractivity contribution in [1.29, 1.82) is 0 Å². The van der Waals surface area contributed by atoms with Crippen LogP contribution in [0.5, 0.6) is 0 Å². The van der Waals surface area contributed by atoms with Crippen LogP contribution in [0.3, 0.4) is 0 Å². The number of methoxy groups -OCH3 is 1. The van der Waals surface area contributed by atoms with Crippen molar-refractivity contribution in [2.75, 3.05) is 12.9 Å². The van der Waals surface area contributed by atoms with E-state index in [4.69, 9.17) is 4.74 Å². The molecular formula is C19H25N3O3S2. The molecule has 2 aromatic heterocycles. The molecule has 27 heavy (non-hydrogen) atoms. The molecule has 6 nitrogen and oxygen atoms in total. The van der Waals surface area contributed by atoms with Crippen molar-refractivity contribution in [3.8, 4) is 0 Å². The van der Waals surface area contributed by atoms with Gasteiger partial charge in [-0.3, -0.25) is 4.79 Å². The molecule has 1 N–H and O–H groups in total. The molecule has 2 heterocycles. The van der Waals surface area contributed by atoms with Crippen molar-refractivity contribution in [3.63, 3.8) is 0 Å². The standard InChI is InChI=1S/C19H25N3O3S2/c1-4-11(2)16(19(24)25-3)22-14(23)9-26-17-15-12-7-5-6-8-13(12)27-18(15)21-10-20-17/h10-11,16H,4-9H2,1-3H3,(H,22,23)/t11-,16+/m1/s1. The number of aromatic nitrogens is 2. The first-order valence-electron chi connectivity index (χ1n) is 9.30. The lowest BCUT2D eigenvalue weighted by Crippen LogP contribution is -2.46. The molecule has 0 radical (unpaired) electrons. The van der Waals surface area contributed by atoms with Crippen molar-refractivity contribution >= 4 is 45.2 Å². The van der Waals surface area contributed by atoms with E-state index >= 15 is 0 Å². The number of hydrogen-bond donors (Lipinski definition) is 1. The van der Waals surface area contributed by atoms with E-state index in [-0.39, 0.29) is 17.6 Å². The number of carbonyl (C=O) groups is 2. The largest absolute Gasteiger partial charge is 0.467 e. The summed E-state index contributed by atoms with van der Waals surface area (Å²) in [5.41, 5.74) is 1.36. The Bertz CT molecular complexity index is 837. The summed E-state index contributed by atoms with van der Waals surface area (Å²) in [7, 11) is 1.34. The highest BCUT2D eigenvalue weighted by atomic mass is 32.2. The highest BCUT2D eigenvalue weighted by molar-refractivity contribution is 8.00. The summed E-state index contributed by atoms with van der Waals surface area (Å²) in [5, 5.41) is 4.78. The molecule has 0 saturated heterocycles. The third kappa shape index (κ3) is 4.43. The van der Waals surface area contributed by atoms with Crippen LogP contribution in [0.15, 0.2) is 11.4 Å². The van der Waals surface area contributed by atoms with Crippen LogP contribution in [-0.4, -0.2) is 40.7 Å². The summed E-state index contributed by atoms with van der Waals surface area (Å²) in [4.78, 5) is 35.7. The quantitative estimate of drug-likeness (QED) is 0.431. The van der Waals surface area contributed by atoms with E-state index in [0.29, 0.717) is 0 Å². The first kappa shape index (κ1) is 20.1. The molecule has 0 aromatic carbocycles. The smallest absolute Gasteiger partial charge is 0.328 e. The number of carbonyl (C=O) groups excluding carboxylic acids is 2. The second kappa shape index (κ2) is 9.01. The summed E-state index contributed by atoms with van der Waals surface area (Å²) in [5.74, 6) is -0.368. The number of thioether (sulfide) groups is 1. The predicted octanol–water partition coefficient (Wildman–Crippen LogP) is 3.37. The zero-order valence-corrected chi connectivity index (χ0v) is 17.5. The second-order valence-corrected chi connectivity index (χ2v) is 8.86. The Balaban J connectivity index is 1.72. The van der Waals surface area contributed by atoms with E-state index in [1.165, 1.54) is 42.2 Å². The van der Waals surface area contributed by atoms with Crippen LogP contribution in [0.2, 0.25) is 0 Å². The van der Waals surface area contributed by atoms with Crippen LogP contribution >= 0.6 is 23.1 Å². The zero-order chi connectivity index (χ0) is 19.4. The molecule has 1 aliphatic carbocycles. The Labute approximate surface area is 167 Å². The zero-order valence-electron chi connectivity index (χ0n) is 15.9. The minimum absolute atomic E-state index is 0.0149. The molecule has 0 unspecified atom stereocenters. The number of thiophene rings is 1. The maximum absolute atomic E-state index is 12.5. The van der Waals surface area contributed by atoms with E-state index in [0.717, 1.165) is 34.5 Å². The summed E-state index contributed by atoms with van der Waals surface area (Å²) >= 11 is 3.15. The monoisotopic (exact) mass is 407 g/mol. The van der Waals surface area contributed by atoms with Crippen molar-refractivity contribution in [3.05, 3.63) is 16.8 Å². The number of nitrogens with one attached hydrogen (secondary N) is 1. The average molecular weight is 408 g/mol. The first-order valence-corrected chi connectivity index (χ1v) is 11.1. The van der Waals surface area contributed by atoms with Gasteiger partial charge in [-0.2, -0.15) is 0 Å². The normalized spacial score (nSPS) is 15.8. The SMILES string of the molecule is CC[C@@H](C)[C@H](NC(=O)CSc1ncnc2sc3c(c12)CCCC3)C(=O)OC. The number of rotatable bonds is 7. The molecule has 146 valence electrons. The van der Waals surface area contributed by atoms with Gasteiger partial charge in [0, 0.05) is 10.3 Å². The van der Waals surface area contributed by atoms with E-state index in [2.05, 4.69) is 15.3 Å². The van der Waals surface area contributed by atoms with E-state index in [9.17, 15) is 9.59 Å². The molecular weight excluding hydrogens is 382 g/mol. The van der Waals surface area contributed by atoms with Crippen LogP contribution in [-0.2, 0) is 27.2 Å². The Morgan fingerprint density at radius 1 is 1.33 bits per heavy atom. The van der Waals surface area contributed by atoms with Gasteiger partial charge in [-0.05, 0) is 37.2 Å². The minimum atomic E-state index is -0.618. The number of aryl methyl sites for hydroxylation is 2. The fraction of sp³-hybridized carbons (Fsp3) is 0.579. The fourth-order valence-corrected chi connectivity index (χ4v) is 5.45. The number of amides is 1. The van der Waals surface area contributed by atoms with E-state index in [1.54, 1.807) is 17.7 Å². The fourth-order valence-electron chi connectivity index (χ4n) is 3.32. The van der Waals surface area contributed by atoms with E-state index < -0.39 is 12.0 Å². The Morgan fingerprint density at radius 2 is 2.11 bits per heavy atom. The lowest BCUT2D eigenvalue weighted by Gasteiger charge is -2.21. The molecule has 0 fully saturated rings. The first-order chi connectivity index (χ1) is 13.0. The molecule has 0 saturated carbocycles. The molecule has 0 aliphatic heterocycles. The summed E-state index contributed by atoms with van der Waals surface area (Å²) < 4.78 is 4.83.